The van der Waals surface area contributed by atoms with Gasteiger partial charge >= 0.3 is 0 Å². The number of hydrogen-bond acceptors (Lipinski definition) is 3. The van der Waals surface area contributed by atoms with Crippen molar-refractivity contribution in [2.24, 2.45) is 0 Å². The molecule has 0 N–H and O–H groups in total. The van der Waals surface area contributed by atoms with E-state index in [1.807, 2.05) is 7.11 Å². The van der Waals surface area contributed by atoms with E-state index in [0.29, 0.717) is 0 Å². The van der Waals surface area contributed by atoms with E-state index < -0.39 is 0 Å². The first-order valence-electron chi connectivity index (χ1n) is 7.87. The zero-order valence-electron chi connectivity index (χ0n) is 13.3. The van der Waals surface area contributed by atoms with E-state index in [1.165, 1.54) is 11.3 Å². The smallest absolute Gasteiger partial charge is 0.124 e. The third-order valence-corrected chi connectivity index (χ3v) is 4.82. The fraction of sp³-hybridized carbons (Fsp3) is 0.588. The molecular weight excluding hydrogens is 262 g/mol. The molecule has 0 amide bonds. The van der Waals surface area contributed by atoms with Gasteiger partial charge in [-0.2, -0.15) is 0 Å². The quantitative estimate of drug-likeness (QED) is 0.866. The maximum absolute atomic E-state index is 5.62. The monoisotopic (exact) mass is 287 g/mol. The van der Waals surface area contributed by atoms with Crippen LogP contribution in [-0.4, -0.2) is 40.3 Å². The molecule has 0 spiro atoms. The minimum Gasteiger partial charge on any atom is -0.378 e. The zero-order valence-corrected chi connectivity index (χ0v) is 13.3. The number of imidazole rings is 1. The molecular formula is C17H25N3O. The molecule has 114 valence electrons. The van der Waals surface area contributed by atoms with Crippen LogP contribution in [0, 0.1) is 0 Å². The van der Waals surface area contributed by atoms with Crippen molar-refractivity contribution in [1.82, 2.24) is 14.5 Å². The average molecular weight is 287 g/mol. The highest BCUT2D eigenvalue weighted by Gasteiger charge is 2.30. The lowest BCUT2D eigenvalue weighted by molar-refractivity contribution is -0.0445. The van der Waals surface area contributed by atoms with Gasteiger partial charge in [0.05, 0.1) is 23.2 Å². The van der Waals surface area contributed by atoms with Gasteiger partial charge in [-0.25, -0.2) is 4.98 Å². The molecule has 2 heterocycles. The van der Waals surface area contributed by atoms with Crippen molar-refractivity contribution in [1.29, 1.82) is 0 Å². The Morgan fingerprint density at radius 2 is 1.95 bits per heavy atom. The van der Waals surface area contributed by atoms with Gasteiger partial charge in [0.25, 0.3) is 0 Å². The second-order valence-corrected chi connectivity index (χ2v) is 6.19. The van der Waals surface area contributed by atoms with E-state index in [4.69, 9.17) is 9.72 Å². The fourth-order valence-corrected chi connectivity index (χ4v) is 3.19. The van der Waals surface area contributed by atoms with E-state index in [2.05, 4.69) is 47.6 Å². The largest absolute Gasteiger partial charge is 0.378 e. The van der Waals surface area contributed by atoms with Crippen LogP contribution in [0.4, 0.5) is 0 Å². The molecule has 0 saturated carbocycles. The van der Waals surface area contributed by atoms with Gasteiger partial charge in [-0.3, -0.25) is 4.90 Å². The third kappa shape index (κ3) is 2.83. The Morgan fingerprint density at radius 3 is 2.62 bits per heavy atom. The van der Waals surface area contributed by atoms with Crippen LogP contribution < -0.4 is 0 Å². The first kappa shape index (κ1) is 14.5. The molecule has 0 bridgehead atoms. The second-order valence-electron chi connectivity index (χ2n) is 6.19. The summed E-state index contributed by atoms with van der Waals surface area (Å²) in [4.78, 5) is 7.32. The first-order valence-corrected chi connectivity index (χ1v) is 7.87. The van der Waals surface area contributed by atoms with Crippen molar-refractivity contribution in [3.63, 3.8) is 0 Å². The molecule has 1 saturated heterocycles. The maximum atomic E-state index is 5.62. The molecule has 4 nitrogen and oxygen atoms in total. The van der Waals surface area contributed by atoms with Gasteiger partial charge in [-0.15, -0.1) is 0 Å². The van der Waals surface area contributed by atoms with Crippen LogP contribution in [0.25, 0.3) is 11.0 Å². The third-order valence-electron chi connectivity index (χ3n) is 4.82. The number of para-hydroxylation sites is 2. The van der Waals surface area contributed by atoms with Gasteiger partial charge in [-0.05, 0) is 38.8 Å². The molecule has 1 fully saturated rings. The lowest BCUT2D eigenvalue weighted by atomic mass is 9.93. The van der Waals surface area contributed by atoms with Crippen LogP contribution in [0.1, 0.15) is 32.5 Å². The van der Waals surface area contributed by atoms with E-state index in [1.54, 1.807) is 0 Å². The maximum Gasteiger partial charge on any atom is 0.124 e. The Bertz CT molecular complexity index is 612. The van der Waals surface area contributed by atoms with Gasteiger partial charge in [0.1, 0.15) is 5.82 Å². The lowest BCUT2D eigenvalue weighted by Gasteiger charge is -2.38. The summed E-state index contributed by atoms with van der Waals surface area (Å²) in [6, 6.07) is 8.41. The van der Waals surface area contributed by atoms with Gasteiger partial charge in [0.2, 0.25) is 0 Å². The van der Waals surface area contributed by atoms with Crippen molar-refractivity contribution in [3.05, 3.63) is 30.1 Å². The summed E-state index contributed by atoms with van der Waals surface area (Å²) in [6.07, 6.45) is 2.19. The minimum atomic E-state index is 0.0569. The topological polar surface area (TPSA) is 30.3 Å². The number of likely N-dealkylation sites (tertiary alicyclic amines) is 1. The summed E-state index contributed by atoms with van der Waals surface area (Å²) in [7, 11) is 1.83. The lowest BCUT2D eigenvalue weighted by Crippen LogP contribution is -2.43. The Hall–Kier alpha value is -1.39. The molecule has 1 aromatic carbocycles. The molecule has 21 heavy (non-hydrogen) atoms. The number of aromatic nitrogens is 2. The molecule has 3 rings (SSSR count). The summed E-state index contributed by atoms with van der Waals surface area (Å²) in [5.74, 6) is 1.18. The Labute approximate surface area is 126 Å². The number of piperidine rings is 1. The highest BCUT2D eigenvalue weighted by Crippen LogP contribution is 2.26. The summed E-state index contributed by atoms with van der Waals surface area (Å²) >= 11 is 0. The molecule has 1 aliphatic heterocycles. The predicted molar refractivity (Wildman–Crippen MR) is 85.3 cm³/mol. The summed E-state index contributed by atoms with van der Waals surface area (Å²) < 4.78 is 7.96. The first-order chi connectivity index (χ1) is 10.1. The van der Waals surface area contributed by atoms with Crippen molar-refractivity contribution < 1.29 is 4.74 Å². The van der Waals surface area contributed by atoms with Crippen molar-refractivity contribution >= 4 is 11.0 Å². The second kappa shape index (κ2) is 5.78. The van der Waals surface area contributed by atoms with Gasteiger partial charge in [0.15, 0.2) is 0 Å². The van der Waals surface area contributed by atoms with Crippen LogP contribution in [0.15, 0.2) is 24.3 Å². The molecule has 4 heteroatoms. The molecule has 0 unspecified atom stereocenters. The molecule has 0 radical (unpaired) electrons. The summed E-state index contributed by atoms with van der Waals surface area (Å²) in [5.41, 5.74) is 2.41. The Morgan fingerprint density at radius 1 is 1.24 bits per heavy atom. The number of ether oxygens (including phenoxy) is 1. The van der Waals surface area contributed by atoms with Gasteiger partial charge in [0, 0.05) is 26.7 Å². The van der Waals surface area contributed by atoms with Crippen LogP contribution in [-0.2, 0) is 17.8 Å². The zero-order chi connectivity index (χ0) is 14.9. The SMILES string of the molecule is CCn1c(CN2CCC(C)(OC)CC2)nc2ccccc21. The molecule has 1 aliphatic rings. The fourth-order valence-electron chi connectivity index (χ4n) is 3.19. The number of hydrogen-bond donors (Lipinski definition) is 0. The van der Waals surface area contributed by atoms with E-state index in [-0.39, 0.29) is 5.60 Å². The highest BCUT2D eigenvalue weighted by atomic mass is 16.5. The summed E-state index contributed by atoms with van der Waals surface area (Å²) in [6.45, 7) is 8.47. The van der Waals surface area contributed by atoms with Crippen LogP contribution in [0.2, 0.25) is 0 Å². The normalized spacial score (nSPS) is 19.2. The number of nitrogens with zero attached hydrogens (tertiary/aromatic N) is 3. The Balaban J connectivity index is 1.77. The average Bonchev–Trinajstić information content (AvgIpc) is 2.87. The van der Waals surface area contributed by atoms with Crippen LogP contribution in [0.5, 0.6) is 0 Å². The van der Waals surface area contributed by atoms with Crippen LogP contribution >= 0.6 is 0 Å². The van der Waals surface area contributed by atoms with E-state index in [9.17, 15) is 0 Å². The van der Waals surface area contributed by atoms with E-state index >= 15 is 0 Å². The molecule has 1 aromatic heterocycles. The predicted octanol–water partition coefficient (Wildman–Crippen LogP) is 3.06. The van der Waals surface area contributed by atoms with Gasteiger partial charge < -0.3 is 9.30 Å². The Kier molecular flexibility index (Phi) is 4.00. The molecule has 0 atom stereocenters. The van der Waals surface area contributed by atoms with Gasteiger partial charge in [-0.1, -0.05) is 12.1 Å². The highest BCUT2D eigenvalue weighted by molar-refractivity contribution is 5.75. The van der Waals surface area contributed by atoms with Crippen molar-refractivity contribution in [2.45, 2.75) is 45.4 Å². The number of aryl methyl sites for hydroxylation is 1. The minimum absolute atomic E-state index is 0.0569. The van der Waals surface area contributed by atoms with Crippen LogP contribution in [0.3, 0.4) is 0 Å². The van der Waals surface area contributed by atoms with Crippen molar-refractivity contribution in [2.75, 3.05) is 20.2 Å². The van der Waals surface area contributed by atoms with Crippen molar-refractivity contribution in [3.8, 4) is 0 Å². The molecule has 2 aromatic rings. The summed E-state index contributed by atoms with van der Waals surface area (Å²) in [5, 5.41) is 0. The standard InChI is InChI=1S/C17H25N3O/c1-4-20-15-8-6-5-7-14(15)18-16(20)13-19-11-9-17(2,21-3)10-12-19/h5-8H,4,9-13H2,1-3H3. The number of fused-ring (bicyclic) bond motifs is 1. The molecule has 0 aliphatic carbocycles. The van der Waals surface area contributed by atoms with E-state index in [0.717, 1.165) is 44.5 Å². The number of benzene rings is 1. The number of rotatable bonds is 4. The number of methoxy groups -OCH3 is 1.